The SMILES string of the molecule is O=C1OC(=O)C2C1C1C(=O)OC(=O)C21O. The van der Waals surface area contributed by atoms with Crippen LogP contribution in [0, 0.1) is 17.8 Å². The van der Waals surface area contributed by atoms with E-state index in [2.05, 4.69) is 9.47 Å². The monoisotopic (exact) mass is 212 g/mol. The molecule has 2 saturated heterocycles. The Morgan fingerprint density at radius 2 is 1.47 bits per heavy atom. The molecule has 0 aromatic rings. The maximum absolute atomic E-state index is 11.2. The summed E-state index contributed by atoms with van der Waals surface area (Å²) in [5.74, 6) is -7.65. The van der Waals surface area contributed by atoms with Crippen LogP contribution in [-0.4, -0.2) is 34.6 Å². The van der Waals surface area contributed by atoms with Crippen molar-refractivity contribution in [3.63, 3.8) is 0 Å². The highest BCUT2D eigenvalue weighted by Gasteiger charge is 2.82. The molecule has 78 valence electrons. The van der Waals surface area contributed by atoms with Crippen LogP contribution in [0.25, 0.3) is 0 Å². The number of ether oxygens (including phenoxy) is 2. The number of rotatable bonds is 0. The van der Waals surface area contributed by atoms with Crippen LogP contribution in [0.5, 0.6) is 0 Å². The third-order valence-corrected chi connectivity index (χ3v) is 3.17. The second-order valence-corrected chi connectivity index (χ2v) is 3.76. The van der Waals surface area contributed by atoms with Gasteiger partial charge in [0.2, 0.25) is 0 Å². The maximum Gasteiger partial charge on any atom is 0.347 e. The van der Waals surface area contributed by atoms with E-state index in [1.807, 2.05) is 0 Å². The number of hydrogen-bond donors (Lipinski definition) is 1. The highest BCUT2D eigenvalue weighted by Crippen LogP contribution is 2.57. The van der Waals surface area contributed by atoms with Crippen molar-refractivity contribution in [2.24, 2.45) is 17.8 Å². The molecule has 15 heavy (non-hydrogen) atoms. The fraction of sp³-hybridized carbons (Fsp3) is 0.500. The molecule has 2 aliphatic heterocycles. The molecule has 1 aliphatic carbocycles. The maximum atomic E-state index is 11.2. The molecule has 7 nitrogen and oxygen atoms in total. The summed E-state index contributed by atoms with van der Waals surface area (Å²) in [5.41, 5.74) is -2.19. The van der Waals surface area contributed by atoms with Gasteiger partial charge in [0.15, 0.2) is 5.60 Å². The first-order valence-electron chi connectivity index (χ1n) is 4.22. The zero-order chi connectivity index (χ0) is 11.0. The van der Waals surface area contributed by atoms with Gasteiger partial charge in [0.05, 0.1) is 5.92 Å². The molecule has 4 atom stereocenters. The Kier molecular flexibility index (Phi) is 1.19. The quantitative estimate of drug-likeness (QED) is 0.357. The Morgan fingerprint density at radius 3 is 2.07 bits per heavy atom. The van der Waals surface area contributed by atoms with Crippen molar-refractivity contribution in [2.75, 3.05) is 0 Å². The Morgan fingerprint density at radius 1 is 0.933 bits per heavy atom. The lowest BCUT2D eigenvalue weighted by Crippen LogP contribution is -2.65. The van der Waals surface area contributed by atoms with E-state index < -0.39 is 47.2 Å². The molecule has 4 unspecified atom stereocenters. The first kappa shape index (κ1) is 8.54. The lowest BCUT2D eigenvalue weighted by Gasteiger charge is -2.41. The lowest BCUT2D eigenvalue weighted by molar-refractivity contribution is -0.188. The first-order valence-corrected chi connectivity index (χ1v) is 4.22. The van der Waals surface area contributed by atoms with E-state index in [9.17, 15) is 24.3 Å². The van der Waals surface area contributed by atoms with Gasteiger partial charge in [-0.05, 0) is 0 Å². The van der Waals surface area contributed by atoms with Crippen LogP contribution in [-0.2, 0) is 28.7 Å². The van der Waals surface area contributed by atoms with Crippen molar-refractivity contribution in [1.29, 1.82) is 0 Å². The standard InChI is InChI=1S/C8H4O7/c9-4-1-2(5(10)14-4)8(13)3(1)6(11)15-7(8)12/h1-3,13H. The minimum Gasteiger partial charge on any atom is -0.393 e. The summed E-state index contributed by atoms with van der Waals surface area (Å²) in [4.78, 5) is 44.5. The van der Waals surface area contributed by atoms with Crippen molar-refractivity contribution >= 4 is 23.9 Å². The van der Waals surface area contributed by atoms with Gasteiger partial charge in [0.1, 0.15) is 11.8 Å². The molecule has 0 radical (unpaired) electrons. The molecular weight excluding hydrogens is 208 g/mol. The molecule has 1 N–H and O–H groups in total. The highest BCUT2D eigenvalue weighted by molar-refractivity contribution is 6.14. The van der Waals surface area contributed by atoms with E-state index in [1.165, 1.54) is 0 Å². The van der Waals surface area contributed by atoms with Crippen LogP contribution in [0.2, 0.25) is 0 Å². The predicted molar refractivity (Wildman–Crippen MR) is 37.6 cm³/mol. The average Bonchev–Trinajstić information content (AvgIpc) is 2.43. The number of carbonyl (C=O) groups is 4. The van der Waals surface area contributed by atoms with Gasteiger partial charge in [-0.15, -0.1) is 0 Å². The van der Waals surface area contributed by atoms with E-state index in [0.717, 1.165) is 0 Å². The third-order valence-electron chi connectivity index (χ3n) is 3.17. The summed E-state index contributed by atoms with van der Waals surface area (Å²) < 4.78 is 8.45. The summed E-state index contributed by atoms with van der Waals surface area (Å²) in [5, 5.41) is 9.80. The summed E-state index contributed by atoms with van der Waals surface area (Å²) >= 11 is 0. The second-order valence-electron chi connectivity index (χ2n) is 3.76. The van der Waals surface area contributed by atoms with E-state index in [0.29, 0.717) is 0 Å². The summed E-state index contributed by atoms with van der Waals surface area (Å²) in [6.07, 6.45) is 0. The summed E-state index contributed by atoms with van der Waals surface area (Å²) in [6.45, 7) is 0. The van der Waals surface area contributed by atoms with E-state index in [-0.39, 0.29) is 0 Å². The van der Waals surface area contributed by atoms with Gasteiger partial charge in [-0.3, -0.25) is 14.4 Å². The number of hydrogen-bond acceptors (Lipinski definition) is 7. The van der Waals surface area contributed by atoms with Crippen LogP contribution in [0.15, 0.2) is 0 Å². The number of esters is 4. The van der Waals surface area contributed by atoms with E-state index in [4.69, 9.17) is 0 Å². The Balaban J connectivity index is 2.12. The Labute approximate surface area is 81.9 Å². The second kappa shape index (κ2) is 2.08. The molecule has 3 aliphatic rings. The molecule has 0 aromatic heterocycles. The smallest absolute Gasteiger partial charge is 0.347 e. The van der Waals surface area contributed by atoms with Crippen LogP contribution in [0.4, 0.5) is 0 Å². The van der Waals surface area contributed by atoms with Gasteiger partial charge in [-0.1, -0.05) is 0 Å². The van der Waals surface area contributed by atoms with Gasteiger partial charge in [-0.2, -0.15) is 0 Å². The van der Waals surface area contributed by atoms with Crippen LogP contribution in [0.3, 0.4) is 0 Å². The zero-order valence-electron chi connectivity index (χ0n) is 7.13. The Bertz CT molecular complexity index is 420. The molecule has 0 spiro atoms. The van der Waals surface area contributed by atoms with Crippen molar-refractivity contribution in [3.8, 4) is 0 Å². The van der Waals surface area contributed by atoms with Crippen molar-refractivity contribution in [3.05, 3.63) is 0 Å². The van der Waals surface area contributed by atoms with Gasteiger partial charge in [-0.25, -0.2) is 4.79 Å². The molecular formula is C8H4O7. The van der Waals surface area contributed by atoms with Gasteiger partial charge < -0.3 is 14.6 Å². The zero-order valence-corrected chi connectivity index (χ0v) is 7.13. The average molecular weight is 212 g/mol. The summed E-state index contributed by atoms with van der Waals surface area (Å²) in [6, 6.07) is 0. The number of carbonyl (C=O) groups excluding carboxylic acids is 4. The number of fused-ring (bicyclic) bond motifs is 4. The van der Waals surface area contributed by atoms with Gasteiger partial charge >= 0.3 is 23.9 Å². The lowest BCUT2D eigenvalue weighted by atomic mass is 9.55. The molecule has 7 heteroatoms. The Hall–Kier alpha value is -1.76. The van der Waals surface area contributed by atoms with Gasteiger partial charge in [0.25, 0.3) is 0 Å². The van der Waals surface area contributed by atoms with Crippen LogP contribution >= 0.6 is 0 Å². The van der Waals surface area contributed by atoms with Crippen LogP contribution in [0.1, 0.15) is 0 Å². The predicted octanol–water partition coefficient (Wildman–Crippen LogP) is -2.25. The summed E-state index contributed by atoms with van der Waals surface area (Å²) in [7, 11) is 0. The largest absolute Gasteiger partial charge is 0.393 e. The molecule has 0 bridgehead atoms. The third kappa shape index (κ3) is 0.656. The molecule has 2 heterocycles. The molecule has 3 rings (SSSR count). The molecule has 0 amide bonds. The van der Waals surface area contributed by atoms with Gasteiger partial charge in [0, 0.05) is 0 Å². The highest BCUT2D eigenvalue weighted by atomic mass is 16.6. The van der Waals surface area contributed by atoms with Crippen molar-refractivity contribution in [1.82, 2.24) is 0 Å². The fourth-order valence-corrected chi connectivity index (χ4v) is 2.46. The van der Waals surface area contributed by atoms with E-state index >= 15 is 0 Å². The topological polar surface area (TPSA) is 107 Å². The minimum absolute atomic E-state index is 0.883. The molecule has 1 saturated carbocycles. The van der Waals surface area contributed by atoms with E-state index in [1.54, 1.807) is 0 Å². The van der Waals surface area contributed by atoms with Crippen molar-refractivity contribution < 1.29 is 33.8 Å². The minimum atomic E-state index is -2.19. The van der Waals surface area contributed by atoms with Crippen molar-refractivity contribution in [2.45, 2.75) is 5.60 Å². The molecule has 0 aromatic carbocycles. The van der Waals surface area contributed by atoms with Crippen LogP contribution < -0.4 is 0 Å². The number of cyclic esters (lactones) is 4. The normalized spacial score (nSPS) is 46.9. The number of aliphatic hydroxyl groups is 1. The first-order chi connectivity index (χ1) is 6.98. The fourth-order valence-electron chi connectivity index (χ4n) is 2.46. The molecule has 3 fully saturated rings.